The second-order valence-corrected chi connectivity index (χ2v) is 5.48. The van der Waals surface area contributed by atoms with Gasteiger partial charge in [-0.2, -0.15) is 0 Å². The minimum atomic E-state index is -0.558. The number of nitrogens with zero attached hydrogens (tertiary/aromatic N) is 1. The van der Waals surface area contributed by atoms with Crippen molar-refractivity contribution in [1.29, 1.82) is 0 Å². The lowest BCUT2D eigenvalue weighted by Crippen LogP contribution is -2.29. The second-order valence-electron chi connectivity index (χ2n) is 5.48. The molecule has 0 radical (unpaired) electrons. The van der Waals surface area contributed by atoms with E-state index >= 15 is 0 Å². The smallest absolute Gasteiger partial charge is 0.414 e. The Morgan fingerprint density at radius 2 is 1.88 bits per heavy atom. The van der Waals surface area contributed by atoms with Crippen molar-refractivity contribution in [2.45, 2.75) is 12.5 Å². The molecule has 3 rings (SSSR count). The van der Waals surface area contributed by atoms with Crippen LogP contribution in [0.1, 0.15) is 16.8 Å². The van der Waals surface area contributed by atoms with E-state index in [2.05, 4.69) is 5.32 Å². The number of carbonyl (C=O) groups is 2. The summed E-state index contributed by atoms with van der Waals surface area (Å²) in [4.78, 5) is 25.4. The highest BCUT2D eigenvalue weighted by atomic mass is 19.1. The molecule has 6 heteroatoms. The monoisotopic (exact) mass is 328 g/mol. The highest BCUT2D eigenvalue weighted by Gasteiger charge is 2.31. The van der Waals surface area contributed by atoms with E-state index in [4.69, 9.17) is 4.74 Å². The summed E-state index contributed by atoms with van der Waals surface area (Å²) in [5, 5.41) is 2.65. The van der Waals surface area contributed by atoms with E-state index in [9.17, 15) is 14.0 Å². The molecular formula is C18H17FN2O3. The maximum atomic E-state index is 13.5. The van der Waals surface area contributed by atoms with Gasteiger partial charge in [0, 0.05) is 18.7 Å². The van der Waals surface area contributed by atoms with Gasteiger partial charge in [0.1, 0.15) is 11.9 Å². The van der Waals surface area contributed by atoms with Crippen LogP contribution in [0.5, 0.6) is 0 Å². The van der Waals surface area contributed by atoms with Crippen LogP contribution in [0, 0.1) is 5.82 Å². The minimum Gasteiger partial charge on any atom is -0.444 e. The quantitative estimate of drug-likeness (QED) is 0.918. The lowest BCUT2D eigenvalue weighted by Gasteiger charge is -2.12. The van der Waals surface area contributed by atoms with Crippen molar-refractivity contribution >= 4 is 17.7 Å². The molecule has 1 atom stereocenters. The Hall–Kier alpha value is -2.89. The van der Waals surface area contributed by atoms with Crippen LogP contribution in [0.4, 0.5) is 14.9 Å². The number of carbonyl (C=O) groups excluding carboxylic acids is 2. The molecule has 1 heterocycles. The summed E-state index contributed by atoms with van der Waals surface area (Å²) in [6.45, 7) is 0.728. The van der Waals surface area contributed by atoms with Crippen molar-refractivity contribution in [2.75, 3.05) is 18.0 Å². The lowest BCUT2D eigenvalue weighted by atomic mass is 10.2. The van der Waals surface area contributed by atoms with Crippen LogP contribution in [0.25, 0.3) is 0 Å². The van der Waals surface area contributed by atoms with Gasteiger partial charge in [-0.05, 0) is 24.3 Å². The van der Waals surface area contributed by atoms with E-state index in [-0.39, 0.29) is 11.7 Å². The van der Waals surface area contributed by atoms with Gasteiger partial charge >= 0.3 is 6.09 Å². The van der Waals surface area contributed by atoms with Crippen LogP contribution in [0.3, 0.4) is 0 Å². The summed E-state index contributed by atoms with van der Waals surface area (Å²) in [5.41, 5.74) is 0.784. The van der Waals surface area contributed by atoms with E-state index in [1.54, 1.807) is 11.0 Å². The molecule has 1 unspecified atom stereocenters. The molecule has 0 aliphatic carbocycles. The average Bonchev–Trinajstić information content (AvgIpc) is 2.96. The molecule has 0 aromatic heterocycles. The molecule has 2 aromatic rings. The summed E-state index contributed by atoms with van der Waals surface area (Å²) in [6, 6.07) is 15.1. The number of hydrogen-bond donors (Lipinski definition) is 1. The van der Waals surface area contributed by atoms with Gasteiger partial charge in [0.25, 0.3) is 5.91 Å². The van der Waals surface area contributed by atoms with Crippen LogP contribution in [-0.2, 0) is 4.74 Å². The number of ether oxygens (including phenoxy) is 1. The van der Waals surface area contributed by atoms with Crippen LogP contribution >= 0.6 is 0 Å². The third kappa shape index (κ3) is 3.53. The Bertz CT molecular complexity index is 736. The molecule has 0 spiro atoms. The number of anilines is 1. The normalized spacial score (nSPS) is 16.8. The van der Waals surface area contributed by atoms with Gasteiger partial charge < -0.3 is 10.1 Å². The van der Waals surface area contributed by atoms with Gasteiger partial charge in [-0.1, -0.05) is 30.3 Å². The van der Waals surface area contributed by atoms with Crippen molar-refractivity contribution in [1.82, 2.24) is 5.32 Å². The van der Waals surface area contributed by atoms with Crippen molar-refractivity contribution in [2.24, 2.45) is 0 Å². The molecule has 1 aliphatic heterocycles. The first kappa shape index (κ1) is 16.0. The molecule has 5 nitrogen and oxygen atoms in total. The maximum absolute atomic E-state index is 13.5. The standard InChI is InChI=1S/C18H17FN2O3/c19-16-9-5-4-8-15(16)17(22)20-11-10-14-12-21(18(23)24-14)13-6-2-1-3-7-13/h1-9,14H,10-12H2,(H,20,22). The first-order valence-electron chi connectivity index (χ1n) is 7.71. The molecule has 1 saturated heterocycles. The number of hydrogen-bond acceptors (Lipinski definition) is 3. The highest BCUT2D eigenvalue weighted by molar-refractivity contribution is 5.94. The van der Waals surface area contributed by atoms with Crippen molar-refractivity contribution < 1.29 is 18.7 Å². The predicted octanol–water partition coefficient (Wildman–Crippen LogP) is 2.97. The summed E-state index contributed by atoms with van der Waals surface area (Å²) < 4.78 is 18.8. The summed E-state index contributed by atoms with van der Waals surface area (Å²) >= 11 is 0. The first-order chi connectivity index (χ1) is 11.6. The number of rotatable bonds is 5. The van der Waals surface area contributed by atoms with Crippen molar-refractivity contribution in [3.63, 3.8) is 0 Å². The Balaban J connectivity index is 1.51. The summed E-state index contributed by atoms with van der Waals surface area (Å²) in [5.74, 6) is -1.03. The van der Waals surface area contributed by atoms with E-state index in [0.717, 1.165) is 5.69 Å². The number of nitrogens with one attached hydrogen (secondary N) is 1. The molecule has 2 aromatic carbocycles. The average molecular weight is 328 g/mol. The fourth-order valence-corrected chi connectivity index (χ4v) is 2.58. The molecule has 24 heavy (non-hydrogen) atoms. The Morgan fingerprint density at radius 3 is 2.62 bits per heavy atom. The summed E-state index contributed by atoms with van der Waals surface area (Å²) in [7, 11) is 0. The van der Waals surface area contributed by atoms with E-state index in [1.807, 2.05) is 30.3 Å². The van der Waals surface area contributed by atoms with E-state index < -0.39 is 17.8 Å². The fourth-order valence-electron chi connectivity index (χ4n) is 2.58. The number of benzene rings is 2. The van der Waals surface area contributed by atoms with Crippen LogP contribution in [0.15, 0.2) is 54.6 Å². The third-order valence-corrected chi connectivity index (χ3v) is 3.81. The number of cyclic esters (lactones) is 1. The Kier molecular flexibility index (Phi) is 4.74. The SMILES string of the molecule is O=C(NCCC1CN(c2ccccc2)C(=O)O1)c1ccccc1F. The zero-order valence-electron chi connectivity index (χ0n) is 12.9. The van der Waals surface area contributed by atoms with Gasteiger partial charge in [0.05, 0.1) is 12.1 Å². The highest BCUT2D eigenvalue weighted by Crippen LogP contribution is 2.22. The molecule has 124 valence electrons. The maximum Gasteiger partial charge on any atom is 0.414 e. The molecule has 1 fully saturated rings. The molecule has 1 N–H and O–H groups in total. The van der Waals surface area contributed by atoms with Crippen molar-refractivity contribution in [3.05, 3.63) is 66.0 Å². The predicted molar refractivity (Wildman–Crippen MR) is 87.4 cm³/mol. The van der Waals surface area contributed by atoms with Gasteiger partial charge in [-0.25, -0.2) is 9.18 Å². The van der Waals surface area contributed by atoms with Gasteiger partial charge in [-0.15, -0.1) is 0 Å². The minimum absolute atomic E-state index is 0.00632. The number of halogens is 1. The molecule has 0 saturated carbocycles. The zero-order valence-corrected chi connectivity index (χ0v) is 12.9. The Morgan fingerprint density at radius 1 is 1.17 bits per heavy atom. The Labute approximate surface area is 139 Å². The van der Waals surface area contributed by atoms with Gasteiger partial charge in [0.15, 0.2) is 0 Å². The van der Waals surface area contributed by atoms with Crippen LogP contribution in [0.2, 0.25) is 0 Å². The van der Waals surface area contributed by atoms with E-state index in [0.29, 0.717) is 19.5 Å². The lowest BCUT2D eigenvalue weighted by molar-refractivity contribution is 0.0940. The number of para-hydroxylation sites is 1. The van der Waals surface area contributed by atoms with E-state index in [1.165, 1.54) is 18.2 Å². The summed E-state index contributed by atoms with van der Waals surface area (Å²) in [6.07, 6.45) is -0.236. The molecular weight excluding hydrogens is 311 g/mol. The molecule has 0 bridgehead atoms. The second kappa shape index (κ2) is 7.12. The molecule has 1 aliphatic rings. The van der Waals surface area contributed by atoms with Crippen LogP contribution < -0.4 is 10.2 Å². The van der Waals surface area contributed by atoms with Crippen LogP contribution in [-0.4, -0.2) is 31.2 Å². The topological polar surface area (TPSA) is 58.6 Å². The van der Waals surface area contributed by atoms with Gasteiger partial charge in [-0.3, -0.25) is 9.69 Å². The zero-order chi connectivity index (χ0) is 16.9. The fraction of sp³-hybridized carbons (Fsp3) is 0.222. The molecule has 2 amide bonds. The third-order valence-electron chi connectivity index (χ3n) is 3.81. The van der Waals surface area contributed by atoms with Gasteiger partial charge in [0.2, 0.25) is 0 Å². The van der Waals surface area contributed by atoms with Crippen molar-refractivity contribution in [3.8, 4) is 0 Å². The number of amides is 2. The first-order valence-corrected chi connectivity index (χ1v) is 7.71. The largest absolute Gasteiger partial charge is 0.444 e.